The van der Waals surface area contributed by atoms with E-state index >= 15 is 0 Å². The van der Waals surface area contributed by atoms with Gasteiger partial charge in [-0.3, -0.25) is 9.48 Å². The Morgan fingerprint density at radius 3 is 2.36 bits per heavy atom. The van der Waals surface area contributed by atoms with E-state index in [0.29, 0.717) is 0 Å². The maximum atomic E-state index is 13.4. The van der Waals surface area contributed by atoms with Gasteiger partial charge in [-0.25, -0.2) is 0 Å². The highest BCUT2D eigenvalue weighted by molar-refractivity contribution is 6.34. The first-order valence-electron chi connectivity index (χ1n) is 12.0. The number of carbonyl (C=O) groups is 1. The molecule has 9 heteroatoms. The molecular weight excluding hydrogens is 489 g/mol. The van der Waals surface area contributed by atoms with Crippen molar-refractivity contribution in [2.75, 3.05) is 14.1 Å². The Hall–Kier alpha value is -2.84. The quantitative estimate of drug-likeness (QED) is 0.384. The summed E-state index contributed by atoms with van der Waals surface area (Å²) in [5.41, 5.74) is 1.28. The van der Waals surface area contributed by atoms with E-state index in [2.05, 4.69) is 15.3 Å². The second-order valence-electron chi connectivity index (χ2n) is 9.48. The number of benzene rings is 2. The molecule has 0 aliphatic heterocycles. The van der Waals surface area contributed by atoms with Gasteiger partial charge in [0.15, 0.2) is 0 Å². The number of hydrogen-bond acceptors (Lipinski definition) is 3. The fourth-order valence-electron chi connectivity index (χ4n) is 5.20. The van der Waals surface area contributed by atoms with Gasteiger partial charge in [0, 0.05) is 23.8 Å². The summed E-state index contributed by atoms with van der Waals surface area (Å²) in [5, 5.41) is 6.80. The summed E-state index contributed by atoms with van der Waals surface area (Å²) in [5.74, 6) is -0.627. The van der Waals surface area contributed by atoms with Crippen LogP contribution in [0.5, 0.6) is 0 Å². The van der Waals surface area contributed by atoms with E-state index in [4.69, 9.17) is 11.6 Å². The Bertz CT molecular complexity index is 1210. The van der Waals surface area contributed by atoms with Gasteiger partial charge in [-0.15, -0.1) is 0 Å². The van der Waals surface area contributed by atoms with Gasteiger partial charge in [0.2, 0.25) is 0 Å². The van der Waals surface area contributed by atoms with Crippen molar-refractivity contribution in [1.29, 1.82) is 0 Å². The van der Waals surface area contributed by atoms with Gasteiger partial charge in [-0.2, -0.15) is 18.3 Å². The molecule has 3 aromatic rings. The van der Waals surface area contributed by atoms with E-state index in [1.807, 2.05) is 62.4 Å². The van der Waals surface area contributed by atoms with E-state index in [1.54, 1.807) is 0 Å². The fraction of sp³-hybridized carbons (Fsp3) is 0.407. The van der Waals surface area contributed by atoms with Gasteiger partial charge in [-0.05, 0) is 57.1 Å². The third kappa shape index (κ3) is 5.02. The van der Waals surface area contributed by atoms with Gasteiger partial charge < -0.3 is 10.2 Å². The highest BCUT2D eigenvalue weighted by Crippen LogP contribution is 2.44. The number of likely N-dealkylation sites (N-methyl/N-ethyl adjacent to an activating group) is 1. The van der Waals surface area contributed by atoms with Crippen LogP contribution < -0.4 is 5.32 Å². The molecule has 1 saturated carbocycles. The van der Waals surface area contributed by atoms with Crippen LogP contribution in [0.1, 0.15) is 60.1 Å². The minimum atomic E-state index is -4.65. The SMILES string of the molecule is CCn1cc(-c2ccc([C@H](NC(=O)c3cccc(C(F)(F)F)c3Cl)C3(N(C)C)CCCC3)cc2)cn1. The Kier molecular flexibility index (Phi) is 7.48. The third-order valence-corrected chi connectivity index (χ3v) is 7.66. The Balaban J connectivity index is 1.71. The Morgan fingerprint density at radius 2 is 1.81 bits per heavy atom. The maximum Gasteiger partial charge on any atom is 0.417 e. The molecule has 1 heterocycles. The number of rotatable bonds is 7. The van der Waals surface area contributed by atoms with Gasteiger partial charge >= 0.3 is 6.18 Å². The van der Waals surface area contributed by atoms with Crippen molar-refractivity contribution in [3.63, 3.8) is 0 Å². The van der Waals surface area contributed by atoms with Crippen LogP contribution >= 0.6 is 11.6 Å². The molecule has 0 spiro atoms. The van der Waals surface area contributed by atoms with Crippen molar-refractivity contribution >= 4 is 17.5 Å². The zero-order valence-corrected chi connectivity index (χ0v) is 21.3. The number of nitrogens with zero attached hydrogens (tertiary/aromatic N) is 3. The van der Waals surface area contributed by atoms with Crippen LogP contribution in [-0.4, -0.2) is 40.2 Å². The summed E-state index contributed by atoms with van der Waals surface area (Å²) >= 11 is 6.08. The van der Waals surface area contributed by atoms with E-state index in [1.165, 1.54) is 12.1 Å². The second-order valence-corrected chi connectivity index (χ2v) is 9.86. The summed E-state index contributed by atoms with van der Waals surface area (Å²) < 4.78 is 42.1. The fourth-order valence-corrected chi connectivity index (χ4v) is 5.52. The minimum Gasteiger partial charge on any atom is -0.343 e. The normalized spacial score (nSPS) is 16.3. The zero-order valence-electron chi connectivity index (χ0n) is 20.6. The number of nitrogens with one attached hydrogen (secondary N) is 1. The highest BCUT2D eigenvalue weighted by atomic mass is 35.5. The molecule has 0 bridgehead atoms. The van der Waals surface area contributed by atoms with Gasteiger partial charge in [-0.1, -0.05) is 54.8 Å². The van der Waals surface area contributed by atoms with Crippen molar-refractivity contribution in [3.05, 3.63) is 76.6 Å². The van der Waals surface area contributed by atoms with Crippen molar-refractivity contribution in [3.8, 4) is 11.1 Å². The number of amides is 1. The molecule has 5 nitrogen and oxygen atoms in total. The first-order chi connectivity index (χ1) is 17.1. The molecule has 0 unspecified atom stereocenters. The average Bonchev–Trinajstić information content (AvgIpc) is 3.53. The summed E-state index contributed by atoms with van der Waals surface area (Å²) in [6.45, 7) is 2.79. The first kappa shape index (κ1) is 26.2. The molecular formula is C27H30ClF3N4O. The molecule has 1 amide bonds. The van der Waals surface area contributed by atoms with Gasteiger partial charge in [0.05, 0.1) is 28.4 Å². The topological polar surface area (TPSA) is 50.2 Å². The lowest BCUT2D eigenvalue weighted by Gasteiger charge is -2.44. The molecule has 0 radical (unpaired) electrons. The minimum absolute atomic E-state index is 0.188. The van der Waals surface area contributed by atoms with Crippen molar-refractivity contribution < 1.29 is 18.0 Å². The number of carbonyl (C=O) groups excluding carboxylic acids is 1. The highest BCUT2D eigenvalue weighted by Gasteiger charge is 2.45. The summed E-state index contributed by atoms with van der Waals surface area (Å²) in [6, 6.07) is 10.9. The van der Waals surface area contributed by atoms with Crippen LogP contribution in [0, 0.1) is 0 Å². The summed E-state index contributed by atoms with van der Waals surface area (Å²) in [7, 11) is 3.96. The van der Waals surface area contributed by atoms with Crippen molar-refractivity contribution in [1.82, 2.24) is 20.0 Å². The number of halogens is 4. The van der Waals surface area contributed by atoms with E-state index in [0.717, 1.165) is 55.0 Å². The standard InChI is InChI=1S/C27H30ClF3N4O/c1-4-35-17-20(16-32-35)18-10-12-19(13-11-18)24(26(34(2)3)14-5-6-15-26)33-25(36)21-8-7-9-22(23(21)28)27(29,30)31/h7-13,16-17,24H,4-6,14-15H2,1-3H3,(H,33,36)/t24-/m0/s1. The molecule has 1 fully saturated rings. The average molecular weight is 519 g/mol. The predicted octanol–water partition coefficient (Wildman–Crippen LogP) is 6.59. The third-order valence-electron chi connectivity index (χ3n) is 7.26. The summed E-state index contributed by atoms with van der Waals surface area (Å²) in [4.78, 5) is 15.5. The van der Waals surface area contributed by atoms with Crippen LogP contribution in [-0.2, 0) is 12.7 Å². The number of hydrogen-bond donors (Lipinski definition) is 1. The van der Waals surface area contributed by atoms with Crippen LogP contribution in [0.25, 0.3) is 11.1 Å². The molecule has 2 aromatic carbocycles. The maximum absolute atomic E-state index is 13.4. The second kappa shape index (κ2) is 10.3. The lowest BCUT2D eigenvalue weighted by molar-refractivity contribution is -0.137. The largest absolute Gasteiger partial charge is 0.417 e. The van der Waals surface area contributed by atoms with Gasteiger partial charge in [0.1, 0.15) is 0 Å². The van der Waals surface area contributed by atoms with Crippen molar-refractivity contribution in [2.45, 2.75) is 56.9 Å². The predicted molar refractivity (Wildman–Crippen MR) is 135 cm³/mol. The smallest absolute Gasteiger partial charge is 0.343 e. The lowest BCUT2D eigenvalue weighted by atomic mass is 9.81. The van der Waals surface area contributed by atoms with E-state index in [9.17, 15) is 18.0 Å². The number of alkyl halides is 3. The monoisotopic (exact) mass is 518 g/mol. The molecule has 1 aromatic heterocycles. The number of aromatic nitrogens is 2. The molecule has 192 valence electrons. The Labute approximate surface area is 214 Å². The van der Waals surface area contributed by atoms with Crippen LogP contribution in [0.4, 0.5) is 13.2 Å². The lowest BCUT2D eigenvalue weighted by Crippen LogP contribution is -2.53. The molecule has 1 N–H and O–H groups in total. The first-order valence-corrected chi connectivity index (χ1v) is 12.4. The molecule has 1 aliphatic carbocycles. The van der Waals surface area contributed by atoms with E-state index in [-0.39, 0.29) is 11.1 Å². The van der Waals surface area contributed by atoms with Crippen molar-refractivity contribution in [2.24, 2.45) is 0 Å². The number of aryl methyl sites for hydroxylation is 1. The van der Waals surface area contributed by atoms with Gasteiger partial charge in [0.25, 0.3) is 5.91 Å². The van der Waals surface area contributed by atoms with E-state index < -0.39 is 28.7 Å². The molecule has 0 saturated heterocycles. The molecule has 36 heavy (non-hydrogen) atoms. The molecule has 4 rings (SSSR count). The molecule has 1 atom stereocenters. The van der Waals surface area contributed by atoms with Crippen LogP contribution in [0.15, 0.2) is 54.9 Å². The molecule has 1 aliphatic rings. The van der Waals surface area contributed by atoms with Crippen LogP contribution in [0.3, 0.4) is 0 Å². The van der Waals surface area contributed by atoms with Crippen LogP contribution in [0.2, 0.25) is 5.02 Å². The Morgan fingerprint density at radius 1 is 1.14 bits per heavy atom. The zero-order chi connectivity index (χ0) is 26.1. The summed E-state index contributed by atoms with van der Waals surface area (Å²) in [6.07, 6.45) is 2.85.